The molecule has 1 amide bonds. The second kappa shape index (κ2) is 6.61. The van der Waals surface area contributed by atoms with Crippen molar-refractivity contribution >= 4 is 12.1 Å². The molecule has 0 saturated carbocycles. The van der Waals surface area contributed by atoms with Crippen LogP contribution in [0.5, 0.6) is 0 Å². The summed E-state index contributed by atoms with van der Waals surface area (Å²) >= 11 is 0. The predicted octanol–water partition coefficient (Wildman–Crippen LogP) is 0.919. The van der Waals surface area contributed by atoms with Gasteiger partial charge in [0.2, 0.25) is 0 Å². The van der Waals surface area contributed by atoms with Crippen molar-refractivity contribution in [1.82, 2.24) is 5.32 Å². The number of aliphatic hydroxyl groups excluding tert-OH is 1. The number of carbonyl (C=O) groups excluding carboxylic acids is 1. The first-order valence-electron chi connectivity index (χ1n) is 5.45. The Hall–Kier alpha value is -2.08. The van der Waals surface area contributed by atoms with Gasteiger partial charge in [-0.3, -0.25) is 0 Å². The highest BCUT2D eigenvalue weighted by Crippen LogP contribution is 2.17. The standard InChI is InChI=1S/C12H15NO5/c1-2-18-12(17)13-9(10(14)11(15)16)8-6-4-3-5-7-8/h3-7,9-10,14H,2H2,1H3,(H,13,17)(H,15,16). The van der Waals surface area contributed by atoms with Gasteiger partial charge in [-0.05, 0) is 12.5 Å². The van der Waals surface area contributed by atoms with E-state index in [1.165, 1.54) is 0 Å². The number of nitrogens with one attached hydrogen (secondary N) is 1. The summed E-state index contributed by atoms with van der Waals surface area (Å²) in [6.45, 7) is 1.79. The van der Waals surface area contributed by atoms with Crippen molar-refractivity contribution in [3.05, 3.63) is 35.9 Å². The smallest absolute Gasteiger partial charge is 0.407 e. The molecule has 0 heterocycles. The van der Waals surface area contributed by atoms with Gasteiger partial charge in [0.1, 0.15) is 0 Å². The van der Waals surface area contributed by atoms with E-state index < -0.39 is 24.2 Å². The van der Waals surface area contributed by atoms with Gasteiger partial charge in [0, 0.05) is 0 Å². The molecule has 98 valence electrons. The third kappa shape index (κ3) is 3.74. The van der Waals surface area contributed by atoms with Crippen molar-refractivity contribution in [2.45, 2.75) is 19.1 Å². The van der Waals surface area contributed by atoms with E-state index in [4.69, 9.17) is 5.11 Å². The molecule has 0 bridgehead atoms. The van der Waals surface area contributed by atoms with Gasteiger partial charge in [-0.25, -0.2) is 9.59 Å². The molecule has 0 aromatic heterocycles. The summed E-state index contributed by atoms with van der Waals surface area (Å²) in [5.41, 5.74) is 0.487. The highest BCUT2D eigenvalue weighted by molar-refractivity contribution is 5.75. The van der Waals surface area contributed by atoms with E-state index in [0.717, 1.165) is 0 Å². The van der Waals surface area contributed by atoms with E-state index >= 15 is 0 Å². The lowest BCUT2D eigenvalue weighted by atomic mass is 10.0. The molecule has 1 aromatic carbocycles. The fourth-order valence-electron chi connectivity index (χ4n) is 1.45. The van der Waals surface area contributed by atoms with Gasteiger partial charge < -0.3 is 20.3 Å². The molecule has 3 N–H and O–H groups in total. The number of benzene rings is 1. The lowest BCUT2D eigenvalue weighted by molar-refractivity contribution is -0.148. The molecular formula is C12H15NO5. The third-order valence-corrected chi connectivity index (χ3v) is 2.28. The second-order valence-corrected chi connectivity index (χ2v) is 3.54. The fraction of sp³-hybridized carbons (Fsp3) is 0.333. The highest BCUT2D eigenvalue weighted by Gasteiger charge is 2.29. The van der Waals surface area contributed by atoms with Crippen LogP contribution in [-0.2, 0) is 9.53 Å². The molecule has 0 aliphatic rings. The average Bonchev–Trinajstić information content (AvgIpc) is 2.36. The third-order valence-electron chi connectivity index (χ3n) is 2.28. The predicted molar refractivity (Wildman–Crippen MR) is 63.0 cm³/mol. The number of ether oxygens (including phenoxy) is 1. The minimum Gasteiger partial charge on any atom is -0.479 e. The van der Waals surface area contributed by atoms with Crippen LogP contribution in [0.1, 0.15) is 18.5 Å². The first-order chi connectivity index (χ1) is 8.56. The first-order valence-corrected chi connectivity index (χ1v) is 5.45. The van der Waals surface area contributed by atoms with Gasteiger partial charge in [-0.1, -0.05) is 30.3 Å². The molecule has 0 spiro atoms. The maximum atomic E-state index is 11.3. The zero-order valence-electron chi connectivity index (χ0n) is 9.87. The summed E-state index contributed by atoms with van der Waals surface area (Å²) in [6, 6.07) is 7.29. The van der Waals surface area contributed by atoms with E-state index in [1.807, 2.05) is 0 Å². The Balaban J connectivity index is 2.89. The van der Waals surface area contributed by atoms with Crippen LogP contribution in [-0.4, -0.2) is 35.0 Å². The Morgan fingerprint density at radius 3 is 2.44 bits per heavy atom. The number of aliphatic hydroxyl groups is 1. The lowest BCUT2D eigenvalue weighted by Crippen LogP contribution is -2.40. The van der Waals surface area contributed by atoms with Crippen molar-refractivity contribution in [3.63, 3.8) is 0 Å². The van der Waals surface area contributed by atoms with E-state index in [9.17, 15) is 14.7 Å². The van der Waals surface area contributed by atoms with Gasteiger partial charge in [0.15, 0.2) is 6.10 Å². The lowest BCUT2D eigenvalue weighted by Gasteiger charge is -2.21. The van der Waals surface area contributed by atoms with Crippen LogP contribution in [0.25, 0.3) is 0 Å². The normalized spacial score (nSPS) is 13.4. The van der Waals surface area contributed by atoms with Crippen LogP contribution in [0.2, 0.25) is 0 Å². The highest BCUT2D eigenvalue weighted by atomic mass is 16.5. The molecule has 1 aromatic rings. The molecule has 0 radical (unpaired) electrons. The monoisotopic (exact) mass is 253 g/mol. The summed E-state index contributed by atoms with van der Waals surface area (Å²) in [5, 5.41) is 20.7. The molecule has 0 saturated heterocycles. The maximum absolute atomic E-state index is 11.3. The van der Waals surface area contributed by atoms with Crippen LogP contribution >= 0.6 is 0 Å². The topological polar surface area (TPSA) is 95.9 Å². The molecule has 2 unspecified atom stereocenters. The van der Waals surface area contributed by atoms with Crippen LogP contribution in [0.4, 0.5) is 4.79 Å². The average molecular weight is 253 g/mol. The van der Waals surface area contributed by atoms with E-state index in [0.29, 0.717) is 5.56 Å². The summed E-state index contributed by atoms with van der Waals surface area (Å²) in [5.74, 6) is -1.42. The van der Waals surface area contributed by atoms with Gasteiger partial charge in [-0.2, -0.15) is 0 Å². The van der Waals surface area contributed by atoms with Gasteiger partial charge in [0.05, 0.1) is 12.6 Å². The van der Waals surface area contributed by atoms with Crippen molar-refractivity contribution in [1.29, 1.82) is 0 Å². The van der Waals surface area contributed by atoms with Gasteiger partial charge in [0.25, 0.3) is 0 Å². The molecular weight excluding hydrogens is 238 g/mol. The molecule has 2 atom stereocenters. The number of aliphatic carboxylic acids is 1. The summed E-state index contributed by atoms with van der Waals surface area (Å²) in [4.78, 5) is 22.1. The number of carbonyl (C=O) groups is 2. The summed E-state index contributed by atoms with van der Waals surface area (Å²) in [6.07, 6.45) is -2.51. The maximum Gasteiger partial charge on any atom is 0.407 e. The largest absolute Gasteiger partial charge is 0.479 e. The van der Waals surface area contributed by atoms with E-state index in [1.54, 1.807) is 37.3 Å². The molecule has 6 heteroatoms. The van der Waals surface area contributed by atoms with Crippen LogP contribution < -0.4 is 5.32 Å². The van der Waals surface area contributed by atoms with Crippen molar-refractivity contribution in [2.75, 3.05) is 6.61 Å². The Morgan fingerprint density at radius 2 is 1.94 bits per heavy atom. The van der Waals surface area contributed by atoms with E-state index in [2.05, 4.69) is 10.1 Å². The molecule has 0 aliphatic carbocycles. The Kier molecular flexibility index (Phi) is 5.13. The molecule has 18 heavy (non-hydrogen) atoms. The number of carboxylic acids is 1. The van der Waals surface area contributed by atoms with E-state index in [-0.39, 0.29) is 6.61 Å². The van der Waals surface area contributed by atoms with Gasteiger partial charge in [-0.15, -0.1) is 0 Å². The Morgan fingerprint density at radius 1 is 1.33 bits per heavy atom. The Bertz CT molecular complexity index is 406. The van der Waals surface area contributed by atoms with Crippen molar-refractivity contribution < 1.29 is 24.5 Å². The van der Waals surface area contributed by atoms with Crippen LogP contribution in [0, 0.1) is 0 Å². The number of hydrogen-bond donors (Lipinski definition) is 3. The quantitative estimate of drug-likeness (QED) is 0.725. The summed E-state index contributed by atoms with van der Waals surface area (Å²) < 4.78 is 4.67. The zero-order chi connectivity index (χ0) is 13.5. The molecule has 1 rings (SSSR count). The first kappa shape index (κ1) is 14.0. The number of rotatable bonds is 5. The van der Waals surface area contributed by atoms with Crippen molar-refractivity contribution in [3.8, 4) is 0 Å². The van der Waals surface area contributed by atoms with Crippen molar-refractivity contribution in [2.24, 2.45) is 0 Å². The van der Waals surface area contributed by atoms with Gasteiger partial charge >= 0.3 is 12.1 Å². The minimum absolute atomic E-state index is 0.163. The number of carboxylic acid groups (broad SMARTS) is 1. The number of hydrogen-bond acceptors (Lipinski definition) is 4. The Labute approximate surface area is 104 Å². The molecule has 0 aliphatic heterocycles. The fourth-order valence-corrected chi connectivity index (χ4v) is 1.45. The molecule has 6 nitrogen and oxygen atoms in total. The van der Waals surface area contributed by atoms with Crippen LogP contribution in [0.3, 0.4) is 0 Å². The zero-order valence-corrected chi connectivity index (χ0v) is 9.87. The SMILES string of the molecule is CCOC(=O)NC(c1ccccc1)C(O)C(=O)O. The second-order valence-electron chi connectivity index (χ2n) is 3.54. The molecule has 0 fully saturated rings. The van der Waals surface area contributed by atoms with Crippen LogP contribution in [0.15, 0.2) is 30.3 Å². The minimum atomic E-state index is -1.74. The summed E-state index contributed by atoms with van der Waals surface area (Å²) in [7, 11) is 0. The number of alkyl carbamates (subject to hydrolysis) is 1. The number of amides is 1.